The number of hydrogen-bond donors (Lipinski definition) is 4. The number of phenols is 1. The number of carboxylic acid groups (broad SMARTS) is 1. The van der Waals surface area contributed by atoms with Gasteiger partial charge in [0.25, 0.3) is 11.8 Å². The van der Waals surface area contributed by atoms with Crippen molar-refractivity contribution in [3.05, 3.63) is 64.5 Å². The minimum Gasteiger partial charge on any atom is -0.508 e. The summed E-state index contributed by atoms with van der Waals surface area (Å²) in [6.45, 7) is 1.58. The van der Waals surface area contributed by atoms with Gasteiger partial charge in [0, 0.05) is 22.4 Å². The summed E-state index contributed by atoms with van der Waals surface area (Å²) < 4.78 is 1.08. The number of benzene rings is 2. The molecule has 1 aliphatic rings. The van der Waals surface area contributed by atoms with Crippen molar-refractivity contribution >= 4 is 50.8 Å². The normalized spacial score (nSPS) is 19.5. The number of fused-ring (bicyclic) bond motifs is 1. The van der Waals surface area contributed by atoms with E-state index in [1.807, 2.05) is 29.6 Å². The highest BCUT2D eigenvalue weighted by molar-refractivity contribution is 7.17. The molecule has 3 aromatic rings. The molecule has 1 aliphatic heterocycles. The highest BCUT2D eigenvalue weighted by atomic mass is 35.5. The number of thiophene rings is 1. The average molecular weight is 517 g/mol. The predicted octanol–water partition coefficient (Wildman–Crippen LogP) is 2.91. The third kappa shape index (κ3) is 5.27. The lowest BCUT2D eigenvalue weighted by molar-refractivity contribution is -0.152. The van der Waals surface area contributed by atoms with Crippen LogP contribution in [-0.2, 0) is 16.0 Å². The first kappa shape index (κ1) is 25.0. The zero-order chi connectivity index (χ0) is 25.3. The number of carbonyl (C=O) groups excluding carboxylic acids is 2. The fraction of sp³-hybridized carbons (Fsp3) is 0.320. The number of aromatic hydroxyl groups is 1. The van der Waals surface area contributed by atoms with Gasteiger partial charge in [-0.05, 0) is 60.4 Å². The summed E-state index contributed by atoms with van der Waals surface area (Å²) in [6, 6.07) is 9.99. The Kier molecular flexibility index (Phi) is 7.30. The van der Waals surface area contributed by atoms with Crippen LogP contribution in [0.15, 0.2) is 47.8 Å². The summed E-state index contributed by atoms with van der Waals surface area (Å²) in [5.74, 6) is -2.63. The SMILES string of the molecule is Cc1c(O)cccc1C(=O)N[C@@H](Cc1ccc2sccc2c1)[C@H](O)C(=O)N1C[C@@H](Cl)C[C@H]1C(=O)O. The second kappa shape index (κ2) is 10.2. The monoisotopic (exact) mass is 516 g/mol. The van der Waals surface area contributed by atoms with Crippen molar-refractivity contribution < 1.29 is 29.7 Å². The van der Waals surface area contributed by atoms with E-state index in [9.17, 15) is 29.7 Å². The van der Waals surface area contributed by atoms with Crippen molar-refractivity contribution in [1.29, 1.82) is 0 Å². The predicted molar refractivity (Wildman–Crippen MR) is 133 cm³/mol. The molecule has 184 valence electrons. The Hall–Kier alpha value is -3.14. The number of carboxylic acids is 1. The molecule has 0 radical (unpaired) electrons. The largest absolute Gasteiger partial charge is 0.508 e. The summed E-state index contributed by atoms with van der Waals surface area (Å²) in [5.41, 5.74) is 1.35. The summed E-state index contributed by atoms with van der Waals surface area (Å²) in [6.07, 6.45) is -1.51. The first-order valence-electron chi connectivity index (χ1n) is 11.1. The number of hydrogen-bond acceptors (Lipinski definition) is 6. The van der Waals surface area contributed by atoms with Gasteiger partial charge in [0.1, 0.15) is 11.8 Å². The lowest BCUT2D eigenvalue weighted by atomic mass is 9.98. The quantitative estimate of drug-likeness (QED) is 0.358. The maximum atomic E-state index is 13.2. The van der Waals surface area contributed by atoms with Crippen molar-refractivity contribution in [2.45, 2.75) is 43.3 Å². The Balaban J connectivity index is 1.63. The number of aliphatic hydroxyl groups is 1. The van der Waals surface area contributed by atoms with Gasteiger partial charge in [0.05, 0.1) is 11.4 Å². The zero-order valence-electron chi connectivity index (χ0n) is 18.8. The minimum absolute atomic E-state index is 0.0123. The number of likely N-dealkylation sites (tertiary alicyclic amines) is 1. The number of amides is 2. The Bertz CT molecular complexity index is 1280. The van der Waals surface area contributed by atoms with E-state index in [0.29, 0.717) is 5.56 Å². The van der Waals surface area contributed by atoms with Crippen molar-refractivity contribution in [1.82, 2.24) is 10.2 Å². The zero-order valence-corrected chi connectivity index (χ0v) is 20.4. The van der Waals surface area contributed by atoms with E-state index in [4.69, 9.17) is 11.6 Å². The molecule has 0 saturated carbocycles. The van der Waals surface area contributed by atoms with Gasteiger partial charge in [-0.2, -0.15) is 0 Å². The summed E-state index contributed by atoms with van der Waals surface area (Å²) in [7, 11) is 0. The number of carbonyl (C=O) groups is 3. The van der Waals surface area contributed by atoms with Gasteiger partial charge < -0.3 is 25.5 Å². The summed E-state index contributed by atoms with van der Waals surface area (Å²) >= 11 is 7.70. The van der Waals surface area contributed by atoms with Crippen LogP contribution in [0.1, 0.15) is 27.9 Å². The van der Waals surface area contributed by atoms with Crippen molar-refractivity contribution in [3.8, 4) is 5.75 Å². The number of nitrogens with one attached hydrogen (secondary N) is 1. The highest BCUT2D eigenvalue weighted by Crippen LogP contribution is 2.26. The van der Waals surface area contributed by atoms with E-state index in [-0.39, 0.29) is 30.7 Å². The Labute approximate surface area is 210 Å². The third-order valence-corrected chi connectivity index (χ3v) is 7.51. The Morgan fingerprint density at radius 3 is 2.74 bits per heavy atom. The van der Waals surface area contributed by atoms with Crippen LogP contribution in [0.3, 0.4) is 0 Å². The van der Waals surface area contributed by atoms with Crippen LogP contribution >= 0.6 is 22.9 Å². The van der Waals surface area contributed by atoms with E-state index in [0.717, 1.165) is 20.5 Å². The van der Waals surface area contributed by atoms with E-state index in [1.54, 1.807) is 18.3 Å². The van der Waals surface area contributed by atoms with E-state index < -0.39 is 41.3 Å². The summed E-state index contributed by atoms with van der Waals surface area (Å²) in [4.78, 5) is 39.0. The van der Waals surface area contributed by atoms with Crippen LogP contribution in [0.4, 0.5) is 0 Å². The van der Waals surface area contributed by atoms with Gasteiger partial charge in [-0.1, -0.05) is 18.2 Å². The average Bonchev–Trinajstić information content (AvgIpc) is 3.45. The number of alkyl halides is 1. The number of aliphatic carboxylic acids is 1. The van der Waals surface area contributed by atoms with E-state index in [1.165, 1.54) is 18.2 Å². The van der Waals surface area contributed by atoms with Gasteiger partial charge in [-0.3, -0.25) is 9.59 Å². The Morgan fingerprint density at radius 2 is 2.00 bits per heavy atom. The molecule has 8 nitrogen and oxygen atoms in total. The van der Waals surface area contributed by atoms with Crippen LogP contribution in [0.25, 0.3) is 10.1 Å². The Morgan fingerprint density at radius 1 is 1.23 bits per heavy atom. The molecule has 1 aromatic heterocycles. The van der Waals surface area contributed by atoms with Crippen molar-refractivity contribution in [3.63, 3.8) is 0 Å². The first-order chi connectivity index (χ1) is 16.7. The molecule has 0 bridgehead atoms. The molecule has 4 atom stereocenters. The van der Waals surface area contributed by atoms with Crippen LogP contribution in [0.2, 0.25) is 0 Å². The standard InChI is InChI=1S/C25H25ClN2O6S/c1-13-17(3-2-4-20(13)29)23(31)27-18(10-14-5-6-21-15(9-14)7-8-35-21)22(30)24(32)28-12-16(26)11-19(28)25(33)34/h2-9,16,18-19,22,29-30H,10-12H2,1H3,(H,27,31)(H,33,34)/t16-,18-,19-,22-/m0/s1. The van der Waals surface area contributed by atoms with Gasteiger partial charge in [-0.25, -0.2) is 4.79 Å². The fourth-order valence-electron chi connectivity index (χ4n) is 4.36. The minimum atomic E-state index is -1.71. The molecule has 4 rings (SSSR count). The molecule has 0 aliphatic carbocycles. The van der Waals surface area contributed by atoms with Gasteiger partial charge in [-0.15, -0.1) is 22.9 Å². The maximum Gasteiger partial charge on any atom is 0.326 e. The lowest BCUT2D eigenvalue weighted by Gasteiger charge is -2.29. The molecule has 35 heavy (non-hydrogen) atoms. The van der Waals surface area contributed by atoms with E-state index in [2.05, 4.69) is 5.32 Å². The van der Waals surface area contributed by atoms with Crippen LogP contribution in [0.5, 0.6) is 5.75 Å². The molecular formula is C25H25ClN2O6S. The van der Waals surface area contributed by atoms with Gasteiger partial charge in [0.15, 0.2) is 6.10 Å². The molecule has 1 fully saturated rings. The van der Waals surface area contributed by atoms with Gasteiger partial charge >= 0.3 is 5.97 Å². The second-order valence-electron chi connectivity index (χ2n) is 8.65. The molecule has 2 amide bonds. The molecule has 4 N–H and O–H groups in total. The third-order valence-electron chi connectivity index (χ3n) is 6.29. The maximum absolute atomic E-state index is 13.2. The molecular weight excluding hydrogens is 492 g/mol. The number of rotatable bonds is 7. The molecule has 0 unspecified atom stereocenters. The van der Waals surface area contributed by atoms with Gasteiger partial charge in [0.2, 0.25) is 0 Å². The highest BCUT2D eigenvalue weighted by Gasteiger charge is 2.43. The molecule has 10 heteroatoms. The van der Waals surface area contributed by atoms with Crippen molar-refractivity contribution in [2.24, 2.45) is 0 Å². The van der Waals surface area contributed by atoms with Crippen LogP contribution in [0, 0.1) is 6.92 Å². The molecule has 1 saturated heterocycles. The number of halogens is 1. The van der Waals surface area contributed by atoms with Crippen molar-refractivity contribution in [2.75, 3.05) is 6.54 Å². The van der Waals surface area contributed by atoms with Crippen LogP contribution < -0.4 is 5.32 Å². The fourth-order valence-corrected chi connectivity index (χ4v) is 5.45. The molecule has 2 heterocycles. The lowest BCUT2D eigenvalue weighted by Crippen LogP contribution is -2.54. The topological polar surface area (TPSA) is 127 Å². The number of aliphatic hydroxyl groups excluding tert-OH is 1. The smallest absolute Gasteiger partial charge is 0.326 e. The molecule has 2 aromatic carbocycles. The first-order valence-corrected chi connectivity index (χ1v) is 12.4. The van der Waals surface area contributed by atoms with Crippen LogP contribution in [-0.4, -0.2) is 68.1 Å². The molecule has 0 spiro atoms. The van der Waals surface area contributed by atoms with E-state index >= 15 is 0 Å². The number of phenolic OH excluding ortho intramolecular Hbond substituents is 1. The second-order valence-corrected chi connectivity index (χ2v) is 10.2. The summed E-state index contributed by atoms with van der Waals surface area (Å²) in [5, 5.41) is 35.7. The number of nitrogens with zero attached hydrogens (tertiary/aromatic N) is 1.